The molecule has 3 rings (SSSR count). The smallest absolute Gasteiger partial charge is 0.272 e. The zero-order chi connectivity index (χ0) is 26.3. The van der Waals surface area contributed by atoms with E-state index in [-0.39, 0.29) is 11.4 Å². The number of amides is 1. The normalized spacial score (nSPS) is 11.5. The van der Waals surface area contributed by atoms with Crippen molar-refractivity contribution in [1.82, 2.24) is 20.4 Å². The second-order valence-corrected chi connectivity index (χ2v) is 10.1. The molecule has 0 saturated carbocycles. The molecule has 2 N–H and O–H groups in total. The van der Waals surface area contributed by atoms with Crippen molar-refractivity contribution >= 4 is 40.7 Å². The van der Waals surface area contributed by atoms with E-state index in [1.807, 2.05) is 37.3 Å². The maximum absolute atomic E-state index is 13.2. The summed E-state index contributed by atoms with van der Waals surface area (Å²) in [5, 5.41) is 12.9. The minimum atomic E-state index is -0.227. The molecule has 1 heterocycles. The number of carbonyl (C=O) groups is 1. The van der Waals surface area contributed by atoms with Crippen LogP contribution in [0.2, 0.25) is 15.1 Å². The van der Waals surface area contributed by atoms with Crippen LogP contribution in [-0.2, 0) is 0 Å². The fraction of sp³-hybridized carbons (Fsp3) is 0.357. The van der Waals surface area contributed by atoms with Gasteiger partial charge >= 0.3 is 0 Å². The van der Waals surface area contributed by atoms with E-state index in [2.05, 4.69) is 36.2 Å². The van der Waals surface area contributed by atoms with Crippen LogP contribution >= 0.6 is 34.8 Å². The Labute approximate surface area is 228 Å². The molecule has 0 spiro atoms. The molecule has 0 aliphatic carbocycles. The lowest BCUT2D eigenvalue weighted by atomic mass is 9.89. The molecule has 192 valence electrons. The Morgan fingerprint density at radius 3 is 2.33 bits per heavy atom. The largest absolute Gasteiger partial charge is 0.351 e. The van der Waals surface area contributed by atoms with Gasteiger partial charge in [-0.15, -0.1) is 6.58 Å². The van der Waals surface area contributed by atoms with Gasteiger partial charge in [-0.3, -0.25) is 4.79 Å². The van der Waals surface area contributed by atoms with E-state index < -0.39 is 0 Å². The molecule has 0 unspecified atom stereocenters. The summed E-state index contributed by atoms with van der Waals surface area (Å²) in [5.41, 5.74) is 3.43. The first-order valence-electron chi connectivity index (χ1n) is 12.2. The standard InChI is InChI=1S/C28H33Cl3N4O/c1-5-15-28(6-2,7-3)33-17-8-16-32-27(36)25-19(4)26(20-9-11-21(29)12-10-20)35(34-25)24-14-13-22(30)18-23(24)31/h5,9-14,18,33H,1,6-8,15-17H2,2-4H3,(H,32,36). The van der Waals surface area contributed by atoms with Crippen molar-refractivity contribution < 1.29 is 4.79 Å². The van der Waals surface area contributed by atoms with Gasteiger partial charge < -0.3 is 10.6 Å². The summed E-state index contributed by atoms with van der Waals surface area (Å²) in [6, 6.07) is 12.6. The minimum absolute atomic E-state index is 0.0620. The van der Waals surface area contributed by atoms with Gasteiger partial charge in [0, 0.05) is 33.3 Å². The van der Waals surface area contributed by atoms with Crippen molar-refractivity contribution in [1.29, 1.82) is 0 Å². The van der Waals surface area contributed by atoms with Gasteiger partial charge in [-0.2, -0.15) is 5.10 Å². The quantitative estimate of drug-likeness (QED) is 0.181. The number of nitrogens with one attached hydrogen (secondary N) is 2. The SMILES string of the molecule is C=CCC(CC)(CC)NCCCNC(=O)c1nn(-c2ccc(Cl)cc2Cl)c(-c2ccc(Cl)cc2)c1C. The maximum atomic E-state index is 13.2. The molecule has 0 aliphatic rings. The summed E-state index contributed by atoms with van der Waals surface area (Å²) in [7, 11) is 0. The Hall–Kier alpha value is -2.31. The van der Waals surface area contributed by atoms with Crippen LogP contribution in [0.5, 0.6) is 0 Å². The second-order valence-electron chi connectivity index (χ2n) is 8.85. The zero-order valence-corrected chi connectivity index (χ0v) is 23.3. The Bertz CT molecular complexity index is 1200. The van der Waals surface area contributed by atoms with Gasteiger partial charge in [0.15, 0.2) is 5.69 Å². The molecule has 1 aromatic heterocycles. The third kappa shape index (κ3) is 6.51. The fourth-order valence-corrected chi connectivity index (χ4v) is 4.96. The lowest BCUT2D eigenvalue weighted by Crippen LogP contribution is -2.44. The molecule has 0 radical (unpaired) electrons. The average Bonchev–Trinajstić information content (AvgIpc) is 3.20. The number of aromatic nitrogens is 2. The Morgan fingerprint density at radius 2 is 1.72 bits per heavy atom. The molecule has 5 nitrogen and oxygen atoms in total. The van der Waals surface area contributed by atoms with Crippen LogP contribution in [0, 0.1) is 6.92 Å². The monoisotopic (exact) mass is 546 g/mol. The zero-order valence-electron chi connectivity index (χ0n) is 21.0. The molecule has 0 saturated heterocycles. The van der Waals surface area contributed by atoms with Crippen molar-refractivity contribution in [2.24, 2.45) is 0 Å². The summed E-state index contributed by atoms with van der Waals surface area (Å²) in [6.45, 7) is 11.5. The van der Waals surface area contributed by atoms with Gasteiger partial charge in [0.25, 0.3) is 5.91 Å². The molecule has 0 atom stereocenters. The molecule has 0 bridgehead atoms. The molecule has 8 heteroatoms. The highest BCUT2D eigenvalue weighted by molar-refractivity contribution is 6.35. The highest BCUT2D eigenvalue weighted by Gasteiger charge is 2.24. The van der Waals surface area contributed by atoms with Gasteiger partial charge in [-0.05, 0) is 69.5 Å². The number of halogens is 3. The number of nitrogens with zero attached hydrogens (tertiary/aromatic N) is 2. The van der Waals surface area contributed by atoms with E-state index in [0.29, 0.717) is 33.0 Å². The topological polar surface area (TPSA) is 58.9 Å². The molecule has 0 aliphatic heterocycles. The van der Waals surface area contributed by atoms with Crippen molar-refractivity contribution in [2.75, 3.05) is 13.1 Å². The molecular formula is C28H33Cl3N4O. The van der Waals surface area contributed by atoms with Crippen molar-refractivity contribution in [3.63, 3.8) is 0 Å². The number of rotatable bonds is 12. The van der Waals surface area contributed by atoms with Gasteiger partial charge in [0.1, 0.15) is 0 Å². The molecule has 36 heavy (non-hydrogen) atoms. The summed E-state index contributed by atoms with van der Waals surface area (Å²) in [5.74, 6) is -0.227. The van der Waals surface area contributed by atoms with Crippen LogP contribution < -0.4 is 10.6 Å². The van der Waals surface area contributed by atoms with Crippen molar-refractivity contribution in [3.8, 4) is 16.9 Å². The number of hydrogen-bond donors (Lipinski definition) is 2. The van der Waals surface area contributed by atoms with Crippen molar-refractivity contribution in [2.45, 2.75) is 52.0 Å². The maximum Gasteiger partial charge on any atom is 0.272 e. The van der Waals surface area contributed by atoms with Gasteiger partial charge in [-0.1, -0.05) is 66.9 Å². The van der Waals surface area contributed by atoms with E-state index in [0.717, 1.165) is 49.0 Å². The van der Waals surface area contributed by atoms with Crippen LogP contribution in [-0.4, -0.2) is 34.3 Å². The Kier molecular flexibility index (Phi) is 10.0. The van der Waals surface area contributed by atoms with E-state index in [4.69, 9.17) is 34.8 Å². The van der Waals surface area contributed by atoms with E-state index >= 15 is 0 Å². The summed E-state index contributed by atoms with van der Waals surface area (Å²) >= 11 is 18.7. The molecule has 0 fully saturated rings. The molecule has 3 aromatic rings. The Morgan fingerprint density at radius 1 is 1.06 bits per heavy atom. The molecule has 1 amide bonds. The third-order valence-electron chi connectivity index (χ3n) is 6.62. The van der Waals surface area contributed by atoms with Gasteiger partial charge in [0.2, 0.25) is 0 Å². The van der Waals surface area contributed by atoms with Gasteiger partial charge in [-0.25, -0.2) is 4.68 Å². The summed E-state index contributed by atoms with van der Waals surface area (Å²) in [4.78, 5) is 13.2. The number of carbonyl (C=O) groups excluding carboxylic acids is 1. The van der Waals surface area contributed by atoms with Crippen molar-refractivity contribution in [3.05, 3.63) is 81.4 Å². The van der Waals surface area contributed by atoms with Crippen LogP contribution in [0.4, 0.5) is 0 Å². The van der Waals surface area contributed by atoms with Crippen LogP contribution in [0.1, 0.15) is 55.6 Å². The second kappa shape index (κ2) is 12.8. The highest BCUT2D eigenvalue weighted by atomic mass is 35.5. The van der Waals surface area contributed by atoms with Crippen LogP contribution in [0.25, 0.3) is 16.9 Å². The average molecular weight is 548 g/mol. The Balaban J connectivity index is 1.81. The fourth-order valence-electron chi connectivity index (χ4n) is 4.35. The van der Waals surface area contributed by atoms with Crippen LogP contribution in [0.3, 0.4) is 0 Å². The summed E-state index contributed by atoms with van der Waals surface area (Å²) in [6.07, 6.45) is 5.74. The van der Waals surface area contributed by atoms with Crippen LogP contribution in [0.15, 0.2) is 55.1 Å². The third-order valence-corrected chi connectivity index (χ3v) is 7.41. The van der Waals surface area contributed by atoms with E-state index in [1.54, 1.807) is 22.9 Å². The molecule has 2 aromatic carbocycles. The van der Waals surface area contributed by atoms with Gasteiger partial charge in [0.05, 0.1) is 16.4 Å². The first-order valence-corrected chi connectivity index (χ1v) is 13.3. The first kappa shape index (κ1) is 28.3. The van der Waals surface area contributed by atoms with E-state index in [9.17, 15) is 4.79 Å². The minimum Gasteiger partial charge on any atom is -0.351 e. The lowest BCUT2D eigenvalue weighted by Gasteiger charge is -2.32. The highest BCUT2D eigenvalue weighted by Crippen LogP contribution is 2.33. The number of hydrogen-bond acceptors (Lipinski definition) is 3. The summed E-state index contributed by atoms with van der Waals surface area (Å²) < 4.78 is 1.69. The molecular weight excluding hydrogens is 515 g/mol. The predicted molar refractivity (Wildman–Crippen MR) is 152 cm³/mol. The van der Waals surface area contributed by atoms with E-state index in [1.165, 1.54) is 0 Å². The predicted octanol–water partition coefficient (Wildman–Crippen LogP) is 7.65. The first-order chi connectivity index (χ1) is 17.2. The lowest BCUT2D eigenvalue weighted by molar-refractivity contribution is 0.0947. The number of benzene rings is 2.